The fourth-order valence-electron chi connectivity index (χ4n) is 4.49. The zero-order valence-corrected chi connectivity index (χ0v) is 28.9. The predicted molar refractivity (Wildman–Crippen MR) is 179 cm³/mol. The normalized spacial score (nSPS) is 12.9. The van der Waals surface area contributed by atoms with Crippen molar-refractivity contribution < 1.29 is 38.3 Å². The van der Waals surface area contributed by atoms with Gasteiger partial charge in [0, 0.05) is 42.9 Å². The van der Waals surface area contributed by atoms with E-state index in [0.717, 1.165) is 0 Å². The molecule has 1 rings (SSSR count). The van der Waals surface area contributed by atoms with Crippen molar-refractivity contribution in [1.82, 2.24) is 26.6 Å². The third-order valence-electron chi connectivity index (χ3n) is 7.07. The van der Waals surface area contributed by atoms with Gasteiger partial charge in [0.2, 0.25) is 23.6 Å². The minimum Gasteiger partial charge on any atom is -0.461 e. The zero-order chi connectivity index (χ0) is 36.6. The first kappa shape index (κ1) is 41.3. The molecular formula is C32H52N8O8. The summed E-state index contributed by atoms with van der Waals surface area (Å²) < 4.78 is 5.28. The summed E-state index contributed by atoms with van der Waals surface area (Å²) in [6.07, 6.45) is 0.430. The monoisotopic (exact) mass is 676 g/mol. The molecule has 268 valence electrons. The Kier molecular flexibility index (Phi) is 17.6. The Morgan fingerprint density at radius 3 is 2.04 bits per heavy atom. The molecule has 16 heteroatoms. The number of benzene rings is 1. The Morgan fingerprint density at radius 2 is 1.50 bits per heavy atom. The minimum atomic E-state index is -1.13. The number of hydrogen-bond acceptors (Lipinski definition) is 9. The summed E-state index contributed by atoms with van der Waals surface area (Å²) in [5.41, 5.74) is 11.2. The van der Waals surface area contributed by atoms with Crippen LogP contribution in [0.15, 0.2) is 18.2 Å². The Morgan fingerprint density at radius 1 is 0.833 bits per heavy atom. The second kappa shape index (κ2) is 20.5. The van der Waals surface area contributed by atoms with Crippen molar-refractivity contribution >= 4 is 47.2 Å². The number of ether oxygens (including phenoxy) is 1. The quantitative estimate of drug-likeness (QED) is 0.0701. The van der Waals surface area contributed by atoms with Gasteiger partial charge in [0.1, 0.15) is 18.7 Å². The standard InChI is InChI=1S/C32H52N8O8/c1-17(2)26(40-29(44)24(37-19(5)6)12-13-25(33)41)30(45)39-23(9-8-14-36-32(34)47)28(43)38-21-11-10-20(16-48-31(46)18(3)4)22(15-21)27(42)35-7/h10-11,15,17-19,23-24,26,37H,8-9,12-14,16H2,1-7H3,(H2,33,41)(H,35,42)(H,38,43)(H,39,45)(H,40,44)(H3,34,36,47)/t23-,24-,26-/m0/s1. The number of nitrogens with two attached hydrogens (primary N) is 2. The number of rotatable bonds is 20. The van der Waals surface area contributed by atoms with E-state index in [0.29, 0.717) is 5.56 Å². The lowest BCUT2D eigenvalue weighted by atomic mass is 10.0. The number of urea groups is 1. The van der Waals surface area contributed by atoms with E-state index < -0.39 is 65.6 Å². The van der Waals surface area contributed by atoms with E-state index in [2.05, 4.69) is 31.9 Å². The lowest BCUT2D eigenvalue weighted by molar-refractivity contribution is -0.148. The molecule has 0 saturated carbocycles. The molecule has 0 heterocycles. The molecule has 0 aliphatic heterocycles. The van der Waals surface area contributed by atoms with Crippen molar-refractivity contribution in [1.29, 1.82) is 0 Å². The molecule has 1 aromatic rings. The van der Waals surface area contributed by atoms with Gasteiger partial charge in [-0.1, -0.05) is 47.6 Å². The van der Waals surface area contributed by atoms with Crippen LogP contribution in [0.4, 0.5) is 10.5 Å². The van der Waals surface area contributed by atoms with Crippen molar-refractivity contribution in [2.45, 2.75) is 98.0 Å². The maximum absolute atomic E-state index is 13.6. The topological polar surface area (TPSA) is 253 Å². The van der Waals surface area contributed by atoms with Gasteiger partial charge in [-0.3, -0.25) is 28.8 Å². The first-order valence-corrected chi connectivity index (χ1v) is 16.0. The molecule has 0 spiro atoms. The van der Waals surface area contributed by atoms with Gasteiger partial charge in [0.25, 0.3) is 5.91 Å². The molecule has 10 N–H and O–H groups in total. The molecule has 0 aliphatic rings. The van der Waals surface area contributed by atoms with Crippen LogP contribution < -0.4 is 43.4 Å². The molecule has 0 saturated heterocycles. The molecular weight excluding hydrogens is 624 g/mol. The number of carbonyl (C=O) groups is 7. The molecule has 7 amide bonds. The molecule has 0 unspecified atom stereocenters. The maximum Gasteiger partial charge on any atom is 0.312 e. The molecule has 0 bridgehead atoms. The number of amides is 7. The van der Waals surface area contributed by atoms with Gasteiger partial charge < -0.3 is 48.1 Å². The maximum atomic E-state index is 13.6. The van der Waals surface area contributed by atoms with E-state index in [9.17, 15) is 33.6 Å². The lowest BCUT2D eigenvalue weighted by Crippen LogP contribution is -2.58. The summed E-state index contributed by atoms with van der Waals surface area (Å²) in [5, 5.41) is 16.2. The third kappa shape index (κ3) is 14.8. The van der Waals surface area contributed by atoms with Gasteiger partial charge in [0.05, 0.1) is 12.0 Å². The van der Waals surface area contributed by atoms with Crippen molar-refractivity contribution in [3.05, 3.63) is 29.3 Å². The molecule has 0 aromatic heterocycles. The van der Waals surface area contributed by atoms with Crippen LogP contribution in [0, 0.1) is 11.8 Å². The summed E-state index contributed by atoms with van der Waals surface area (Å²) in [5.74, 6) is -3.99. The summed E-state index contributed by atoms with van der Waals surface area (Å²) in [6.45, 7) is 10.5. The van der Waals surface area contributed by atoms with E-state index in [1.54, 1.807) is 33.8 Å². The largest absolute Gasteiger partial charge is 0.461 e. The zero-order valence-electron chi connectivity index (χ0n) is 28.9. The highest BCUT2D eigenvalue weighted by molar-refractivity contribution is 6.01. The van der Waals surface area contributed by atoms with Crippen LogP contribution in [0.3, 0.4) is 0 Å². The Bertz CT molecular complexity index is 1300. The Balaban J connectivity index is 3.25. The summed E-state index contributed by atoms with van der Waals surface area (Å²) in [4.78, 5) is 87.4. The smallest absolute Gasteiger partial charge is 0.312 e. The molecule has 0 radical (unpaired) electrons. The first-order chi connectivity index (χ1) is 22.5. The number of hydrogen-bond donors (Lipinski definition) is 8. The fraction of sp³-hybridized carbons (Fsp3) is 0.594. The lowest BCUT2D eigenvalue weighted by Gasteiger charge is -2.28. The molecule has 0 fully saturated rings. The van der Waals surface area contributed by atoms with E-state index >= 15 is 0 Å². The van der Waals surface area contributed by atoms with Gasteiger partial charge >= 0.3 is 12.0 Å². The van der Waals surface area contributed by atoms with Crippen LogP contribution in [0.2, 0.25) is 0 Å². The van der Waals surface area contributed by atoms with Gasteiger partial charge in [-0.25, -0.2) is 4.79 Å². The van der Waals surface area contributed by atoms with Crippen LogP contribution in [0.25, 0.3) is 0 Å². The number of esters is 1. The predicted octanol–water partition coefficient (Wildman–Crippen LogP) is 0.390. The van der Waals surface area contributed by atoms with Crippen molar-refractivity contribution in [3.63, 3.8) is 0 Å². The summed E-state index contributed by atoms with van der Waals surface area (Å²) >= 11 is 0. The van der Waals surface area contributed by atoms with E-state index in [4.69, 9.17) is 16.2 Å². The van der Waals surface area contributed by atoms with Gasteiger partial charge in [-0.15, -0.1) is 0 Å². The van der Waals surface area contributed by atoms with Crippen LogP contribution in [0.5, 0.6) is 0 Å². The molecule has 1 aromatic carbocycles. The fourth-order valence-corrected chi connectivity index (χ4v) is 4.49. The van der Waals surface area contributed by atoms with Crippen molar-refractivity contribution in [2.24, 2.45) is 23.3 Å². The average Bonchev–Trinajstić information content (AvgIpc) is 3.00. The molecule has 16 nitrogen and oxygen atoms in total. The van der Waals surface area contributed by atoms with Crippen LogP contribution in [-0.4, -0.2) is 79.3 Å². The van der Waals surface area contributed by atoms with Gasteiger partial charge in [-0.05, 0) is 37.3 Å². The van der Waals surface area contributed by atoms with Crippen LogP contribution >= 0.6 is 0 Å². The first-order valence-electron chi connectivity index (χ1n) is 16.0. The highest BCUT2D eigenvalue weighted by Crippen LogP contribution is 2.19. The third-order valence-corrected chi connectivity index (χ3v) is 7.07. The minimum absolute atomic E-state index is 0.0381. The average molecular weight is 677 g/mol. The van der Waals surface area contributed by atoms with Gasteiger partial charge in [0.15, 0.2) is 0 Å². The van der Waals surface area contributed by atoms with E-state index in [1.807, 2.05) is 13.8 Å². The molecule has 3 atom stereocenters. The second-order valence-electron chi connectivity index (χ2n) is 12.3. The van der Waals surface area contributed by atoms with Crippen molar-refractivity contribution in [2.75, 3.05) is 18.9 Å². The Labute approximate surface area is 281 Å². The number of nitrogens with one attached hydrogen (secondary N) is 6. The molecule has 0 aliphatic carbocycles. The highest BCUT2D eigenvalue weighted by atomic mass is 16.5. The van der Waals surface area contributed by atoms with Crippen molar-refractivity contribution in [3.8, 4) is 0 Å². The number of carbonyl (C=O) groups excluding carboxylic acids is 7. The summed E-state index contributed by atoms with van der Waals surface area (Å²) in [6, 6.07) is 0.683. The Hall–Kier alpha value is -4.73. The summed E-state index contributed by atoms with van der Waals surface area (Å²) in [7, 11) is 1.44. The highest BCUT2D eigenvalue weighted by Gasteiger charge is 2.31. The van der Waals surface area contributed by atoms with E-state index in [1.165, 1.54) is 19.2 Å². The second-order valence-corrected chi connectivity index (χ2v) is 12.3. The molecule has 48 heavy (non-hydrogen) atoms. The van der Waals surface area contributed by atoms with E-state index in [-0.39, 0.29) is 62.0 Å². The van der Waals surface area contributed by atoms with Gasteiger partial charge in [-0.2, -0.15) is 0 Å². The van der Waals surface area contributed by atoms with Crippen LogP contribution in [-0.2, 0) is 35.3 Å². The number of anilines is 1. The number of primary amides is 2. The SMILES string of the molecule is CNC(=O)c1cc(NC(=O)[C@H](CCCNC(N)=O)NC(=O)[C@@H](NC(=O)[C@H](CCC(N)=O)NC(C)C)C(C)C)ccc1COC(=O)C(C)C. The van der Waals surface area contributed by atoms with Crippen LogP contribution in [0.1, 0.15) is 83.1 Å².